The number of carbonyl (C=O) groups is 1. The third kappa shape index (κ3) is 3.49. The molecule has 1 aromatic carbocycles. The molecule has 5 aromatic rings. The van der Waals surface area contributed by atoms with Gasteiger partial charge in [-0.2, -0.15) is 18.3 Å². The molecule has 182 valence electrons. The molecular weight excluding hydrogens is 489 g/mol. The molecule has 11 heteroatoms. The normalized spacial score (nSPS) is 16.0. The number of alkyl halides is 3. The van der Waals surface area contributed by atoms with Gasteiger partial charge in [-0.15, -0.1) is 11.3 Å². The van der Waals surface area contributed by atoms with Crippen LogP contribution in [0.2, 0.25) is 0 Å². The van der Waals surface area contributed by atoms with Crippen molar-refractivity contribution in [3.63, 3.8) is 0 Å². The van der Waals surface area contributed by atoms with Crippen molar-refractivity contribution in [3.05, 3.63) is 81.4 Å². The summed E-state index contributed by atoms with van der Waals surface area (Å²) >= 11 is 1.57. The number of nitrogens with zero attached hydrogens (tertiary/aromatic N) is 5. The Morgan fingerprint density at radius 1 is 1.14 bits per heavy atom. The first-order valence-corrected chi connectivity index (χ1v) is 12.0. The van der Waals surface area contributed by atoms with Crippen LogP contribution in [-0.2, 0) is 19.6 Å². The molecule has 0 saturated carbocycles. The monoisotopic (exact) mass is 508 g/mol. The smallest absolute Gasteiger partial charge is 0.383 e. The Morgan fingerprint density at radius 3 is 2.72 bits per heavy atom. The number of nitrogens with two attached hydrogens (primary N) is 1. The fourth-order valence-electron chi connectivity index (χ4n) is 4.85. The topological polar surface area (TPSA) is 89.9 Å². The van der Waals surface area contributed by atoms with Crippen molar-refractivity contribution in [1.29, 1.82) is 0 Å². The van der Waals surface area contributed by atoms with Crippen LogP contribution in [0.15, 0.2) is 54.2 Å². The summed E-state index contributed by atoms with van der Waals surface area (Å²) in [6, 6.07) is 8.90. The predicted octanol–water partition coefficient (Wildman–Crippen LogP) is 4.97. The number of aromatic nitrogens is 4. The van der Waals surface area contributed by atoms with Gasteiger partial charge in [-0.3, -0.25) is 14.5 Å². The van der Waals surface area contributed by atoms with Gasteiger partial charge in [0.05, 0.1) is 33.9 Å². The van der Waals surface area contributed by atoms with Crippen molar-refractivity contribution in [2.45, 2.75) is 18.6 Å². The summed E-state index contributed by atoms with van der Waals surface area (Å²) in [5.41, 5.74) is 8.38. The zero-order chi connectivity index (χ0) is 25.2. The lowest BCUT2D eigenvalue weighted by molar-refractivity contribution is -0.137. The second kappa shape index (κ2) is 8.02. The number of rotatable bonds is 2. The second-order valence-corrected chi connectivity index (χ2v) is 9.68. The number of aryl methyl sites for hydroxylation is 1. The van der Waals surface area contributed by atoms with Crippen LogP contribution in [0.25, 0.3) is 21.8 Å². The minimum Gasteiger partial charge on any atom is -0.383 e. The van der Waals surface area contributed by atoms with Gasteiger partial charge in [-0.05, 0) is 53.8 Å². The molecule has 5 heterocycles. The molecule has 0 spiro atoms. The summed E-state index contributed by atoms with van der Waals surface area (Å²) in [5.74, 6) is 0.117. The minimum atomic E-state index is -4.49. The Kier molecular flexibility index (Phi) is 5.01. The molecule has 1 unspecified atom stereocenters. The number of anilines is 1. The fraction of sp³-hybridized carbons (Fsp3) is 0.200. The summed E-state index contributed by atoms with van der Waals surface area (Å²) < 4.78 is 41.1. The molecule has 4 aromatic heterocycles. The molecule has 1 atom stereocenters. The maximum atomic E-state index is 13.9. The molecular formula is C25H19F3N6OS. The zero-order valence-electron chi connectivity index (χ0n) is 19.0. The zero-order valence-corrected chi connectivity index (χ0v) is 19.8. The summed E-state index contributed by atoms with van der Waals surface area (Å²) in [6.07, 6.45) is -1.36. The van der Waals surface area contributed by atoms with E-state index in [1.165, 1.54) is 6.07 Å². The molecule has 1 amide bonds. The Morgan fingerprint density at radius 2 is 1.97 bits per heavy atom. The minimum absolute atomic E-state index is 0.243. The highest BCUT2D eigenvalue weighted by atomic mass is 32.1. The van der Waals surface area contributed by atoms with Crippen LogP contribution in [0.4, 0.5) is 19.0 Å². The van der Waals surface area contributed by atoms with E-state index in [1.807, 2.05) is 11.4 Å². The van der Waals surface area contributed by atoms with E-state index in [1.54, 1.807) is 52.4 Å². The number of nitrogen functional groups attached to an aromatic ring is 1. The maximum absolute atomic E-state index is 13.9. The van der Waals surface area contributed by atoms with Crippen molar-refractivity contribution >= 4 is 44.9 Å². The number of hydrogen-bond donors (Lipinski definition) is 1. The first-order valence-electron chi connectivity index (χ1n) is 11.1. The molecule has 0 fully saturated rings. The van der Waals surface area contributed by atoms with E-state index in [0.717, 1.165) is 33.6 Å². The molecule has 2 N–H and O–H groups in total. The summed E-state index contributed by atoms with van der Waals surface area (Å²) in [4.78, 5) is 25.2. The van der Waals surface area contributed by atoms with Gasteiger partial charge in [0.2, 0.25) is 0 Å². The van der Waals surface area contributed by atoms with E-state index in [0.29, 0.717) is 40.9 Å². The van der Waals surface area contributed by atoms with Gasteiger partial charge >= 0.3 is 6.18 Å². The standard InChI is InChI=1S/C25H19F3N6OS/c1-33-21-16-10-13(2-4-18(16)32-23(29)17(21)12-31-33)24(35)34-8-6-20-15(7-9-36-20)22(34)19-5-3-14(11-30-19)25(26,27)28/h2-5,7,9-12,22H,6,8H2,1H3,(H2,29,32). The van der Waals surface area contributed by atoms with Gasteiger partial charge < -0.3 is 10.6 Å². The van der Waals surface area contributed by atoms with Gasteiger partial charge in [0, 0.05) is 35.6 Å². The van der Waals surface area contributed by atoms with Crippen LogP contribution < -0.4 is 5.73 Å². The highest BCUT2D eigenvalue weighted by molar-refractivity contribution is 7.10. The largest absolute Gasteiger partial charge is 0.417 e. The molecule has 36 heavy (non-hydrogen) atoms. The van der Waals surface area contributed by atoms with Gasteiger partial charge in [0.1, 0.15) is 11.9 Å². The highest BCUT2D eigenvalue weighted by Gasteiger charge is 2.36. The Balaban J connectivity index is 1.45. The van der Waals surface area contributed by atoms with Crippen LogP contribution in [0.1, 0.15) is 38.1 Å². The number of fused-ring (bicyclic) bond motifs is 4. The van der Waals surface area contributed by atoms with Gasteiger partial charge in [-0.25, -0.2) is 4.98 Å². The Hall–Kier alpha value is -3.99. The quantitative estimate of drug-likeness (QED) is 0.364. The molecule has 0 bridgehead atoms. The number of halogens is 3. The van der Waals surface area contributed by atoms with Crippen molar-refractivity contribution in [1.82, 2.24) is 24.6 Å². The van der Waals surface area contributed by atoms with E-state index >= 15 is 0 Å². The number of carbonyl (C=O) groups excluding carboxylic acids is 1. The summed E-state index contributed by atoms with van der Waals surface area (Å²) in [7, 11) is 1.80. The summed E-state index contributed by atoms with van der Waals surface area (Å²) in [5, 5.41) is 7.65. The lowest BCUT2D eigenvalue weighted by Gasteiger charge is -2.35. The second-order valence-electron chi connectivity index (χ2n) is 8.68. The average molecular weight is 509 g/mol. The molecule has 6 rings (SSSR count). The predicted molar refractivity (Wildman–Crippen MR) is 131 cm³/mol. The Labute approximate surface area is 207 Å². The van der Waals surface area contributed by atoms with Crippen LogP contribution >= 0.6 is 11.3 Å². The Bertz CT molecular complexity index is 1640. The third-order valence-electron chi connectivity index (χ3n) is 6.57. The summed E-state index contributed by atoms with van der Waals surface area (Å²) in [6.45, 7) is 0.416. The fourth-order valence-corrected chi connectivity index (χ4v) is 5.75. The van der Waals surface area contributed by atoms with Gasteiger partial charge in [-0.1, -0.05) is 0 Å². The number of thiophene rings is 1. The van der Waals surface area contributed by atoms with Crippen molar-refractivity contribution in [2.24, 2.45) is 7.05 Å². The highest BCUT2D eigenvalue weighted by Crippen LogP contribution is 2.39. The lowest BCUT2D eigenvalue weighted by Crippen LogP contribution is -2.40. The van der Waals surface area contributed by atoms with Crippen LogP contribution in [0.3, 0.4) is 0 Å². The SMILES string of the molecule is Cn1ncc2c(N)nc3ccc(C(=O)N4CCc5sccc5C4c4ccc(C(F)(F)F)cn4)cc3c21. The van der Waals surface area contributed by atoms with Crippen LogP contribution in [0, 0.1) is 0 Å². The molecule has 0 aliphatic carbocycles. The van der Waals surface area contributed by atoms with E-state index < -0.39 is 17.8 Å². The van der Waals surface area contributed by atoms with E-state index in [2.05, 4.69) is 15.1 Å². The van der Waals surface area contributed by atoms with E-state index in [-0.39, 0.29) is 5.91 Å². The van der Waals surface area contributed by atoms with E-state index in [9.17, 15) is 18.0 Å². The molecule has 1 aliphatic heterocycles. The average Bonchev–Trinajstić information content (AvgIpc) is 3.50. The first kappa shape index (κ1) is 22.5. The van der Waals surface area contributed by atoms with Crippen molar-refractivity contribution in [2.75, 3.05) is 12.3 Å². The third-order valence-corrected chi connectivity index (χ3v) is 7.57. The first-order chi connectivity index (χ1) is 17.2. The van der Waals surface area contributed by atoms with Crippen molar-refractivity contribution in [3.8, 4) is 0 Å². The van der Waals surface area contributed by atoms with Crippen LogP contribution in [0.5, 0.6) is 0 Å². The molecule has 7 nitrogen and oxygen atoms in total. The number of benzene rings is 1. The molecule has 0 radical (unpaired) electrons. The molecule has 1 aliphatic rings. The number of pyridine rings is 2. The maximum Gasteiger partial charge on any atom is 0.417 e. The van der Waals surface area contributed by atoms with Crippen molar-refractivity contribution < 1.29 is 18.0 Å². The number of hydrogen-bond acceptors (Lipinski definition) is 6. The van der Waals surface area contributed by atoms with E-state index in [4.69, 9.17) is 5.73 Å². The number of amides is 1. The van der Waals surface area contributed by atoms with Gasteiger partial charge in [0.15, 0.2) is 0 Å². The molecule has 0 saturated heterocycles. The lowest BCUT2D eigenvalue weighted by atomic mass is 9.95. The van der Waals surface area contributed by atoms with Crippen LogP contribution in [-0.4, -0.2) is 37.1 Å². The van der Waals surface area contributed by atoms with Gasteiger partial charge in [0.25, 0.3) is 5.91 Å².